The first-order valence-corrected chi connectivity index (χ1v) is 6.87. The van der Waals surface area contributed by atoms with Gasteiger partial charge in [-0.15, -0.1) is 0 Å². The molecule has 1 N–H and O–H groups in total. The number of hydrogen-bond donors (Lipinski definition) is 1. The van der Waals surface area contributed by atoms with Gasteiger partial charge in [0.1, 0.15) is 0 Å². The molecule has 0 aromatic heterocycles. The molecule has 0 saturated carbocycles. The number of rotatable bonds is 5. The Bertz CT molecular complexity index is 432. The van der Waals surface area contributed by atoms with E-state index in [4.69, 9.17) is 5.11 Å². The molecule has 1 unspecified atom stereocenters. The van der Waals surface area contributed by atoms with Crippen LogP contribution in [0.2, 0.25) is 0 Å². The topological polar surface area (TPSA) is 83.9 Å². The summed E-state index contributed by atoms with van der Waals surface area (Å²) in [6.07, 6.45) is -4.93. The monoisotopic (exact) mass is 364 g/mol. The van der Waals surface area contributed by atoms with E-state index in [1.807, 2.05) is 0 Å². The van der Waals surface area contributed by atoms with Crippen molar-refractivity contribution in [2.24, 2.45) is 5.92 Å². The Labute approximate surface area is 175 Å². The Morgan fingerprint density at radius 3 is 2.26 bits per heavy atom. The van der Waals surface area contributed by atoms with Gasteiger partial charge in [0.15, 0.2) is 0 Å². The van der Waals surface area contributed by atoms with Crippen molar-refractivity contribution in [2.75, 3.05) is 32.8 Å². The quantitative estimate of drug-likeness (QED) is 0.507. The number of alkyl halides is 3. The van der Waals surface area contributed by atoms with Gasteiger partial charge in [-0.25, -0.2) is 0 Å². The van der Waals surface area contributed by atoms with Gasteiger partial charge < -0.3 is 19.9 Å². The van der Waals surface area contributed by atoms with Crippen LogP contribution in [0.15, 0.2) is 0 Å². The van der Waals surface area contributed by atoms with Crippen LogP contribution in [0, 0.1) is 5.92 Å². The number of amides is 1. The van der Waals surface area contributed by atoms with Gasteiger partial charge in [0.2, 0.25) is 5.91 Å². The number of aliphatic carboxylic acids is 1. The van der Waals surface area contributed by atoms with E-state index < -0.39 is 49.1 Å². The third kappa shape index (κ3) is 7.37. The number of hydrogen-bond acceptors (Lipinski definition) is 5. The molecule has 1 fully saturated rings. The van der Waals surface area contributed by atoms with Gasteiger partial charge in [-0.05, 0) is 13.8 Å². The molecule has 1 aliphatic rings. The van der Waals surface area contributed by atoms with E-state index >= 15 is 0 Å². The number of aliphatic hydroxyl groups is 1. The van der Waals surface area contributed by atoms with Crippen LogP contribution < -0.4 is 56.5 Å². The number of piperazine rings is 1. The molecule has 1 atom stereocenters. The average molecular weight is 364 g/mol. The Balaban J connectivity index is 0.00000484. The zero-order chi connectivity index (χ0) is 17.1. The molecule has 0 spiro atoms. The van der Waals surface area contributed by atoms with Crippen LogP contribution in [0.3, 0.4) is 0 Å². The third-order valence-electron chi connectivity index (χ3n) is 3.63. The number of carboxylic acid groups (broad SMARTS) is 1. The molecule has 0 aromatic rings. The van der Waals surface area contributed by atoms with Crippen molar-refractivity contribution in [1.82, 2.24) is 9.80 Å². The summed E-state index contributed by atoms with van der Waals surface area (Å²) < 4.78 is 37.3. The van der Waals surface area contributed by atoms with Gasteiger partial charge in [0.25, 0.3) is 0 Å². The Morgan fingerprint density at radius 2 is 1.87 bits per heavy atom. The first-order chi connectivity index (χ1) is 9.96. The molecule has 10 heteroatoms. The average Bonchev–Trinajstić information content (AvgIpc) is 2.31. The number of carboxylic acids is 1. The smallest absolute Gasteiger partial charge is 0.550 e. The molecular formula is C13H20F3KN2O4. The van der Waals surface area contributed by atoms with Gasteiger partial charge in [-0.1, -0.05) is 0 Å². The number of carbonyl (C=O) groups is 2. The summed E-state index contributed by atoms with van der Waals surface area (Å²) in [5.74, 6) is -3.18. The van der Waals surface area contributed by atoms with Crippen molar-refractivity contribution in [3.8, 4) is 0 Å². The maximum absolute atomic E-state index is 12.4. The molecule has 23 heavy (non-hydrogen) atoms. The first-order valence-electron chi connectivity index (χ1n) is 6.87. The fourth-order valence-electron chi connectivity index (χ4n) is 2.70. The van der Waals surface area contributed by atoms with E-state index in [9.17, 15) is 27.9 Å². The van der Waals surface area contributed by atoms with Crippen LogP contribution in [0.25, 0.3) is 0 Å². The third-order valence-corrected chi connectivity index (χ3v) is 3.63. The van der Waals surface area contributed by atoms with Gasteiger partial charge in [0.05, 0.1) is 19.1 Å². The van der Waals surface area contributed by atoms with Crippen molar-refractivity contribution >= 4 is 11.9 Å². The minimum Gasteiger partial charge on any atom is -0.550 e. The zero-order valence-corrected chi connectivity index (χ0v) is 16.6. The number of aliphatic hydroxyl groups excluding tert-OH is 1. The van der Waals surface area contributed by atoms with Gasteiger partial charge >= 0.3 is 57.6 Å². The van der Waals surface area contributed by atoms with Gasteiger partial charge in [-0.2, -0.15) is 13.2 Å². The van der Waals surface area contributed by atoms with Crippen molar-refractivity contribution < 1.29 is 84.4 Å². The molecule has 128 valence electrons. The number of halogens is 3. The van der Waals surface area contributed by atoms with Gasteiger partial charge in [-0.3, -0.25) is 9.69 Å². The van der Waals surface area contributed by atoms with E-state index in [2.05, 4.69) is 0 Å². The summed E-state index contributed by atoms with van der Waals surface area (Å²) in [6.45, 7) is 1.62. The van der Waals surface area contributed by atoms with E-state index in [1.165, 1.54) is 9.80 Å². The van der Waals surface area contributed by atoms with Crippen LogP contribution >= 0.6 is 0 Å². The molecular weight excluding hydrogens is 344 g/mol. The maximum Gasteiger partial charge on any atom is 1.00 e. The summed E-state index contributed by atoms with van der Waals surface area (Å²) in [6, 6.07) is 0. The van der Waals surface area contributed by atoms with E-state index in [0.717, 1.165) is 0 Å². The Kier molecular flexibility index (Phi) is 9.23. The molecule has 6 nitrogen and oxygen atoms in total. The second kappa shape index (κ2) is 9.11. The maximum atomic E-state index is 12.4. The molecule has 0 aliphatic carbocycles. The Hall–Kier alpha value is 0.286. The Morgan fingerprint density at radius 1 is 1.30 bits per heavy atom. The van der Waals surface area contributed by atoms with Crippen molar-refractivity contribution in [3.63, 3.8) is 0 Å². The summed E-state index contributed by atoms with van der Waals surface area (Å²) in [4.78, 5) is 25.4. The second-order valence-corrected chi connectivity index (χ2v) is 6.08. The van der Waals surface area contributed by atoms with Crippen LogP contribution in [-0.2, 0) is 9.59 Å². The van der Waals surface area contributed by atoms with E-state index in [1.54, 1.807) is 13.8 Å². The summed E-state index contributed by atoms with van der Waals surface area (Å²) >= 11 is 0. The molecule has 1 saturated heterocycles. The molecule has 1 heterocycles. The van der Waals surface area contributed by atoms with Crippen LogP contribution in [0.1, 0.15) is 20.3 Å². The summed E-state index contributed by atoms with van der Waals surface area (Å²) in [5, 5.41) is 19.8. The summed E-state index contributed by atoms with van der Waals surface area (Å²) in [7, 11) is 0. The molecule has 0 bridgehead atoms. The fraction of sp³-hybridized carbons (Fsp3) is 0.846. The molecule has 1 aliphatic heterocycles. The van der Waals surface area contributed by atoms with Crippen LogP contribution in [0.5, 0.6) is 0 Å². The standard InChI is InChI=1S/C13H21F3N2O4.K/c1-12(2)7-17(8-13(14,15)16)3-4-18(12)11(22)9(6-19)5-10(20)21;/h9,19H,3-8H2,1-2H3,(H,20,21);/q;+1/p-1. The normalized spacial score (nSPS) is 19.8. The fourth-order valence-corrected chi connectivity index (χ4v) is 2.70. The predicted molar refractivity (Wildman–Crippen MR) is 68.5 cm³/mol. The first kappa shape index (κ1) is 23.3. The molecule has 0 radical (unpaired) electrons. The minimum atomic E-state index is -4.31. The van der Waals surface area contributed by atoms with Crippen molar-refractivity contribution in [3.05, 3.63) is 0 Å². The van der Waals surface area contributed by atoms with Crippen LogP contribution in [-0.4, -0.2) is 71.3 Å². The van der Waals surface area contributed by atoms with E-state index in [0.29, 0.717) is 0 Å². The van der Waals surface area contributed by atoms with Crippen molar-refractivity contribution in [2.45, 2.75) is 32.0 Å². The van der Waals surface area contributed by atoms with Gasteiger partial charge in [0, 0.05) is 37.6 Å². The number of carbonyl (C=O) groups excluding carboxylic acids is 2. The number of nitrogens with zero attached hydrogens (tertiary/aromatic N) is 2. The zero-order valence-electron chi connectivity index (χ0n) is 13.5. The summed E-state index contributed by atoms with van der Waals surface area (Å²) in [5.41, 5.74) is -0.889. The van der Waals surface area contributed by atoms with Crippen molar-refractivity contribution in [1.29, 1.82) is 0 Å². The molecule has 1 rings (SSSR count). The van der Waals surface area contributed by atoms with Crippen LogP contribution in [0.4, 0.5) is 13.2 Å². The molecule has 1 amide bonds. The minimum absolute atomic E-state index is 0. The van der Waals surface area contributed by atoms with E-state index in [-0.39, 0.29) is 71.0 Å². The largest absolute Gasteiger partial charge is 1.00 e. The second-order valence-electron chi connectivity index (χ2n) is 6.08. The SMILES string of the molecule is CC1(C)CN(CC(F)(F)F)CCN1C(=O)C(CO)CC(=O)[O-].[K+]. The molecule has 0 aromatic carbocycles. The predicted octanol–water partition coefficient (Wildman–Crippen LogP) is -3.78.